The van der Waals surface area contributed by atoms with Gasteiger partial charge in [0.25, 0.3) is 5.56 Å². The molecule has 0 fully saturated rings. The summed E-state index contributed by atoms with van der Waals surface area (Å²) in [6.07, 6.45) is 0.953. The van der Waals surface area contributed by atoms with E-state index in [2.05, 4.69) is 0 Å². The molecule has 33 heavy (non-hydrogen) atoms. The minimum absolute atomic E-state index is 0.0481. The standard InChI is InChI=1S/C26H22Cl2N2O3/c1-16(15-23(31)24-20(27)7-5-8-21(24)28)14-17-10-12-18(13-11-17)30-25(32)19-6-3-4-9-22(19)29(2)26(30)33/h3-13,16H,14-15H2,1-2H3. The molecule has 0 aliphatic heterocycles. The molecule has 0 aliphatic rings. The molecule has 0 amide bonds. The SMILES string of the molecule is CC(CC(=O)c1c(Cl)cccc1Cl)Cc1ccc(-n2c(=O)c3ccccc3n(C)c2=O)cc1. The zero-order valence-corrected chi connectivity index (χ0v) is 19.7. The molecular weight excluding hydrogens is 459 g/mol. The van der Waals surface area contributed by atoms with E-state index in [1.54, 1.807) is 61.6 Å². The van der Waals surface area contributed by atoms with E-state index in [1.807, 2.05) is 19.1 Å². The molecule has 1 heterocycles. The van der Waals surface area contributed by atoms with Crippen molar-refractivity contribution in [1.82, 2.24) is 9.13 Å². The van der Waals surface area contributed by atoms with Crippen LogP contribution in [-0.2, 0) is 13.5 Å². The summed E-state index contributed by atoms with van der Waals surface area (Å²) in [5.41, 5.74) is 1.70. The molecule has 3 aromatic carbocycles. The molecule has 0 saturated carbocycles. The number of para-hydroxylation sites is 1. The minimum Gasteiger partial charge on any atom is -0.296 e. The van der Waals surface area contributed by atoms with Crippen LogP contribution in [0.15, 0.2) is 76.3 Å². The zero-order chi connectivity index (χ0) is 23.7. The van der Waals surface area contributed by atoms with Crippen LogP contribution < -0.4 is 11.2 Å². The topological polar surface area (TPSA) is 61.1 Å². The second-order valence-corrected chi connectivity index (χ2v) is 9.01. The number of nitrogens with zero attached hydrogens (tertiary/aromatic N) is 2. The van der Waals surface area contributed by atoms with E-state index < -0.39 is 5.69 Å². The van der Waals surface area contributed by atoms with Crippen LogP contribution in [0, 0.1) is 5.92 Å². The maximum Gasteiger partial charge on any atom is 0.335 e. The molecule has 0 saturated heterocycles. The summed E-state index contributed by atoms with van der Waals surface area (Å²) in [4.78, 5) is 38.5. The van der Waals surface area contributed by atoms with Gasteiger partial charge in [-0.2, -0.15) is 0 Å². The van der Waals surface area contributed by atoms with Gasteiger partial charge in [0.2, 0.25) is 0 Å². The number of aromatic nitrogens is 2. The largest absolute Gasteiger partial charge is 0.335 e. The number of aryl methyl sites for hydroxylation is 1. The maximum absolute atomic E-state index is 13.0. The molecule has 4 aromatic rings. The van der Waals surface area contributed by atoms with Gasteiger partial charge in [-0.1, -0.05) is 60.5 Å². The lowest BCUT2D eigenvalue weighted by molar-refractivity contribution is 0.0965. The predicted octanol–water partition coefficient (Wildman–Crippen LogP) is 5.45. The smallest absolute Gasteiger partial charge is 0.296 e. The summed E-state index contributed by atoms with van der Waals surface area (Å²) in [5, 5.41) is 1.19. The third-order valence-corrected chi connectivity index (χ3v) is 6.36. The Labute approximate surface area is 200 Å². The average Bonchev–Trinajstić information content (AvgIpc) is 2.78. The summed E-state index contributed by atoms with van der Waals surface area (Å²) < 4.78 is 2.65. The van der Waals surface area contributed by atoms with E-state index in [-0.39, 0.29) is 17.3 Å². The Balaban J connectivity index is 1.56. The number of carbonyl (C=O) groups excluding carboxylic acids is 1. The van der Waals surface area contributed by atoms with Crippen molar-refractivity contribution in [3.05, 3.63) is 109 Å². The molecule has 4 rings (SSSR count). The highest BCUT2D eigenvalue weighted by atomic mass is 35.5. The molecule has 0 spiro atoms. The number of hydrogen-bond donors (Lipinski definition) is 0. The van der Waals surface area contributed by atoms with Crippen LogP contribution in [0.4, 0.5) is 0 Å². The number of rotatable bonds is 6. The third kappa shape index (κ3) is 4.52. The number of carbonyl (C=O) groups is 1. The summed E-state index contributed by atoms with van der Waals surface area (Å²) in [5.74, 6) is -0.0483. The minimum atomic E-state index is -0.401. The van der Waals surface area contributed by atoms with Crippen molar-refractivity contribution in [3.63, 3.8) is 0 Å². The summed E-state index contributed by atoms with van der Waals surface area (Å²) >= 11 is 12.3. The molecule has 1 aromatic heterocycles. The predicted molar refractivity (Wildman–Crippen MR) is 133 cm³/mol. The number of halogens is 2. The first kappa shape index (κ1) is 23.0. The summed E-state index contributed by atoms with van der Waals surface area (Å²) in [7, 11) is 1.65. The van der Waals surface area contributed by atoms with Crippen LogP contribution in [0.25, 0.3) is 16.6 Å². The Bertz CT molecular complexity index is 1450. The van der Waals surface area contributed by atoms with Crippen LogP contribution in [0.2, 0.25) is 10.0 Å². The third-order valence-electron chi connectivity index (χ3n) is 5.73. The normalized spacial score (nSPS) is 12.1. The number of benzene rings is 3. The van der Waals surface area contributed by atoms with Crippen molar-refractivity contribution in [3.8, 4) is 5.69 Å². The van der Waals surface area contributed by atoms with Crippen molar-refractivity contribution >= 4 is 39.9 Å². The fourth-order valence-corrected chi connectivity index (χ4v) is 4.68. The molecule has 7 heteroatoms. The highest BCUT2D eigenvalue weighted by molar-refractivity contribution is 6.39. The molecular formula is C26H22Cl2N2O3. The van der Waals surface area contributed by atoms with Gasteiger partial charge >= 0.3 is 5.69 Å². The lowest BCUT2D eigenvalue weighted by Gasteiger charge is -2.14. The molecule has 0 bridgehead atoms. The first-order chi connectivity index (χ1) is 15.8. The van der Waals surface area contributed by atoms with Crippen molar-refractivity contribution < 1.29 is 4.79 Å². The van der Waals surface area contributed by atoms with Gasteiger partial charge in [-0.05, 0) is 54.3 Å². The molecule has 0 radical (unpaired) electrons. The van der Waals surface area contributed by atoms with Crippen LogP contribution >= 0.6 is 23.2 Å². The van der Waals surface area contributed by atoms with Gasteiger partial charge in [0.1, 0.15) is 0 Å². The van der Waals surface area contributed by atoms with Gasteiger partial charge in [-0.25, -0.2) is 9.36 Å². The van der Waals surface area contributed by atoms with Gasteiger partial charge in [0.05, 0.1) is 32.2 Å². The van der Waals surface area contributed by atoms with Crippen LogP contribution in [0.1, 0.15) is 29.3 Å². The number of fused-ring (bicyclic) bond motifs is 1. The van der Waals surface area contributed by atoms with Crippen LogP contribution in [0.5, 0.6) is 0 Å². The van der Waals surface area contributed by atoms with Crippen LogP contribution in [-0.4, -0.2) is 14.9 Å². The van der Waals surface area contributed by atoms with E-state index >= 15 is 0 Å². The van der Waals surface area contributed by atoms with Crippen molar-refractivity contribution in [2.24, 2.45) is 13.0 Å². The fraction of sp³-hybridized carbons (Fsp3) is 0.192. The Morgan fingerprint density at radius 2 is 1.55 bits per heavy atom. The monoisotopic (exact) mass is 480 g/mol. The second kappa shape index (κ2) is 9.38. The van der Waals surface area contributed by atoms with E-state index in [0.717, 1.165) is 5.56 Å². The second-order valence-electron chi connectivity index (χ2n) is 8.20. The Morgan fingerprint density at radius 1 is 0.909 bits per heavy atom. The fourth-order valence-electron chi connectivity index (χ4n) is 4.07. The first-order valence-corrected chi connectivity index (χ1v) is 11.3. The van der Waals surface area contributed by atoms with Gasteiger partial charge in [-0.15, -0.1) is 0 Å². The molecule has 168 valence electrons. The average molecular weight is 481 g/mol. The number of Topliss-reactive ketones (excluding diaryl/α,β-unsaturated/α-hetero) is 1. The molecule has 1 atom stereocenters. The van der Waals surface area contributed by atoms with E-state index in [4.69, 9.17) is 23.2 Å². The Morgan fingerprint density at radius 3 is 2.21 bits per heavy atom. The number of ketones is 1. The molecule has 0 aliphatic carbocycles. The zero-order valence-electron chi connectivity index (χ0n) is 18.2. The van der Waals surface area contributed by atoms with Gasteiger partial charge in [-0.3, -0.25) is 14.2 Å². The van der Waals surface area contributed by atoms with E-state index in [0.29, 0.717) is 45.0 Å². The lowest BCUT2D eigenvalue weighted by atomic mass is 9.93. The Hall–Kier alpha value is -3.15. The summed E-state index contributed by atoms with van der Waals surface area (Å²) in [6.45, 7) is 1.99. The van der Waals surface area contributed by atoms with Crippen molar-refractivity contribution in [2.75, 3.05) is 0 Å². The molecule has 1 unspecified atom stereocenters. The molecule has 5 nitrogen and oxygen atoms in total. The van der Waals surface area contributed by atoms with Crippen molar-refractivity contribution in [1.29, 1.82) is 0 Å². The lowest BCUT2D eigenvalue weighted by Crippen LogP contribution is -2.37. The van der Waals surface area contributed by atoms with E-state index in [1.165, 1.54) is 9.13 Å². The Kier molecular flexibility index (Phi) is 6.54. The highest BCUT2D eigenvalue weighted by Crippen LogP contribution is 2.27. The number of hydrogen-bond acceptors (Lipinski definition) is 3. The molecule has 0 N–H and O–H groups in total. The highest BCUT2D eigenvalue weighted by Gasteiger charge is 2.18. The quantitative estimate of drug-likeness (QED) is 0.344. The van der Waals surface area contributed by atoms with Gasteiger partial charge in [0, 0.05) is 13.5 Å². The van der Waals surface area contributed by atoms with Crippen molar-refractivity contribution in [2.45, 2.75) is 19.8 Å². The van der Waals surface area contributed by atoms with Gasteiger partial charge in [0.15, 0.2) is 5.78 Å². The van der Waals surface area contributed by atoms with Gasteiger partial charge < -0.3 is 0 Å². The van der Waals surface area contributed by atoms with E-state index in [9.17, 15) is 14.4 Å². The summed E-state index contributed by atoms with van der Waals surface area (Å²) in [6, 6.07) is 19.3. The maximum atomic E-state index is 13.0. The van der Waals surface area contributed by atoms with Crippen LogP contribution in [0.3, 0.4) is 0 Å². The first-order valence-electron chi connectivity index (χ1n) is 10.5.